The summed E-state index contributed by atoms with van der Waals surface area (Å²) in [4.78, 5) is 10.8. The van der Waals surface area contributed by atoms with Gasteiger partial charge in [-0.05, 0) is 34.5 Å². The van der Waals surface area contributed by atoms with Crippen molar-refractivity contribution in [3.05, 3.63) is 33.8 Å². The van der Waals surface area contributed by atoms with Crippen LogP contribution in [0.4, 0.5) is 13.2 Å². The highest BCUT2D eigenvalue weighted by atomic mass is 79.9. The van der Waals surface area contributed by atoms with Crippen LogP contribution in [0.2, 0.25) is 0 Å². The number of hydrogen-bond acceptors (Lipinski definition) is 1. The minimum Gasteiger partial charge on any atom is -0.300 e. The van der Waals surface area contributed by atoms with E-state index in [2.05, 4.69) is 15.9 Å². The van der Waals surface area contributed by atoms with Crippen molar-refractivity contribution in [2.24, 2.45) is 0 Å². The van der Waals surface area contributed by atoms with Gasteiger partial charge in [0.1, 0.15) is 5.78 Å². The van der Waals surface area contributed by atoms with Crippen LogP contribution in [0.25, 0.3) is 0 Å². The summed E-state index contributed by atoms with van der Waals surface area (Å²) in [6.07, 6.45) is -4.39. The summed E-state index contributed by atoms with van der Waals surface area (Å²) < 4.78 is 37.3. The maximum atomic E-state index is 12.5. The maximum Gasteiger partial charge on any atom is 0.417 e. The Morgan fingerprint density at radius 3 is 2.47 bits per heavy atom. The lowest BCUT2D eigenvalue weighted by Gasteiger charge is -2.11. The van der Waals surface area contributed by atoms with Gasteiger partial charge in [0.25, 0.3) is 0 Å². The zero-order chi connectivity index (χ0) is 11.6. The van der Waals surface area contributed by atoms with E-state index in [9.17, 15) is 18.0 Å². The third kappa shape index (κ3) is 3.06. The first-order valence-electron chi connectivity index (χ1n) is 4.16. The topological polar surface area (TPSA) is 17.1 Å². The lowest BCUT2D eigenvalue weighted by atomic mass is 10.1. The molecule has 0 N–H and O–H groups in total. The van der Waals surface area contributed by atoms with Crippen molar-refractivity contribution in [2.45, 2.75) is 19.5 Å². The van der Waals surface area contributed by atoms with E-state index in [1.54, 1.807) is 0 Å². The molecule has 0 spiro atoms. The third-order valence-electron chi connectivity index (χ3n) is 1.82. The molecule has 1 nitrogen and oxygen atoms in total. The van der Waals surface area contributed by atoms with Crippen molar-refractivity contribution in [1.29, 1.82) is 0 Å². The van der Waals surface area contributed by atoms with Crippen molar-refractivity contribution in [2.75, 3.05) is 0 Å². The average Bonchev–Trinajstić information content (AvgIpc) is 2.05. The minimum atomic E-state index is -4.40. The molecule has 0 radical (unpaired) electrons. The van der Waals surface area contributed by atoms with Gasteiger partial charge in [-0.25, -0.2) is 0 Å². The summed E-state index contributed by atoms with van der Waals surface area (Å²) >= 11 is 2.87. The Morgan fingerprint density at radius 1 is 1.40 bits per heavy atom. The van der Waals surface area contributed by atoms with Gasteiger partial charge in [-0.1, -0.05) is 12.1 Å². The predicted octanol–water partition coefficient (Wildman–Crippen LogP) is 3.60. The van der Waals surface area contributed by atoms with Crippen molar-refractivity contribution >= 4 is 21.7 Å². The molecule has 0 fully saturated rings. The summed E-state index contributed by atoms with van der Waals surface area (Å²) in [5, 5.41) is 0. The van der Waals surface area contributed by atoms with Gasteiger partial charge in [0.05, 0.1) is 5.56 Å². The quantitative estimate of drug-likeness (QED) is 0.809. The van der Waals surface area contributed by atoms with Crippen LogP contribution in [0.5, 0.6) is 0 Å². The van der Waals surface area contributed by atoms with Crippen molar-refractivity contribution in [1.82, 2.24) is 0 Å². The molecule has 0 atom stereocenters. The Kier molecular flexibility index (Phi) is 3.54. The van der Waals surface area contributed by atoms with Gasteiger partial charge in [-0.15, -0.1) is 0 Å². The number of hydrogen-bond donors (Lipinski definition) is 0. The van der Waals surface area contributed by atoms with Crippen LogP contribution in [-0.4, -0.2) is 5.78 Å². The van der Waals surface area contributed by atoms with Gasteiger partial charge < -0.3 is 0 Å². The van der Waals surface area contributed by atoms with Crippen LogP contribution < -0.4 is 0 Å². The number of carbonyl (C=O) groups is 1. The summed E-state index contributed by atoms with van der Waals surface area (Å²) in [6, 6.07) is 3.78. The van der Waals surface area contributed by atoms with Crippen LogP contribution in [-0.2, 0) is 17.4 Å². The normalized spacial score (nSPS) is 11.5. The third-order valence-corrected chi connectivity index (χ3v) is 2.76. The molecule has 5 heteroatoms. The Morgan fingerprint density at radius 2 is 2.00 bits per heavy atom. The lowest BCUT2D eigenvalue weighted by molar-refractivity contribution is -0.138. The van der Waals surface area contributed by atoms with E-state index in [0.717, 1.165) is 6.07 Å². The molecule has 0 heterocycles. The molecular weight excluding hydrogens is 273 g/mol. The smallest absolute Gasteiger partial charge is 0.300 e. The second-order valence-electron chi connectivity index (χ2n) is 3.16. The Balaban J connectivity index is 3.17. The van der Waals surface area contributed by atoms with E-state index < -0.39 is 11.7 Å². The number of benzene rings is 1. The van der Waals surface area contributed by atoms with Gasteiger partial charge in [0, 0.05) is 10.9 Å². The molecule has 0 aromatic heterocycles. The highest BCUT2D eigenvalue weighted by molar-refractivity contribution is 9.10. The van der Waals surface area contributed by atoms with Gasteiger partial charge in [0.2, 0.25) is 0 Å². The van der Waals surface area contributed by atoms with Gasteiger partial charge >= 0.3 is 6.18 Å². The second kappa shape index (κ2) is 4.35. The van der Waals surface area contributed by atoms with Gasteiger partial charge in [-0.2, -0.15) is 13.2 Å². The van der Waals surface area contributed by atoms with E-state index in [-0.39, 0.29) is 16.7 Å². The first-order chi connectivity index (χ1) is 6.82. The highest BCUT2D eigenvalue weighted by Gasteiger charge is 2.33. The molecule has 0 saturated carbocycles. The number of rotatable bonds is 2. The van der Waals surface area contributed by atoms with E-state index in [1.807, 2.05) is 0 Å². The number of halogens is 4. The molecule has 0 unspecified atom stereocenters. The fourth-order valence-corrected chi connectivity index (χ4v) is 1.83. The first-order valence-corrected chi connectivity index (χ1v) is 4.95. The fourth-order valence-electron chi connectivity index (χ4n) is 1.20. The molecular formula is C10H8BrF3O. The zero-order valence-corrected chi connectivity index (χ0v) is 9.45. The summed E-state index contributed by atoms with van der Waals surface area (Å²) in [5.74, 6) is -0.171. The summed E-state index contributed by atoms with van der Waals surface area (Å²) in [7, 11) is 0. The molecule has 82 valence electrons. The second-order valence-corrected chi connectivity index (χ2v) is 3.95. The minimum absolute atomic E-state index is 0.00447. The zero-order valence-electron chi connectivity index (χ0n) is 7.86. The molecule has 1 rings (SSSR count). The maximum absolute atomic E-state index is 12.5. The van der Waals surface area contributed by atoms with Crippen molar-refractivity contribution in [3.8, 4) is 0 Å². The highest BCUT2D eigenvalue weighted by Crippen LogP contribution is 2.36. The number of Topliss-reactive ketones (excluding diaryl/α,β-unsaturated/α-hetero) is 1. The summed E-state index contributed by atoms with van der Waals surface area (Å²) in [6.45, 7) is 1.34. The van der Waals surface area contributed by atoms with Crippen LogP contribution in [0, 0.1) is 0 Å². The molecule has 0 bridgehead atoms. The van der Waals surface area contributed by atoms with Crippen molar-refractivity contribution < 1.29 is 18.0 Å². The number of carbonyl (C=O) groups excluding carboxylic acids is 1. The van der Waals surface area contributed by atoms with E-state index >= 15 is 0 Å². The van der Waals surface area contributed by atoms with Crippen LogP contribution in [0.15, 0.2) is 22.7 Å². The average molecular weight is 281 g/mol. The Bertz CT molecular complexity index is 385. The molecule has 0 aliphatic heterocycles. The van der Waals surface area contributed by atoms with Crippen LogP contribution in [0.1, 0.15) is 18.1 Å². The van der Waals surface area contributed by atoms with Gasteiger partial charge in [-0.3, -0.25) is 4.79 Å². The Labute approximate surface area is 93.4 Å². The molecule has 0 amide bonds. The molecule has 1 aromatic rings. The molecule has 0 aliphatic carbocycles. The fraction of sp³-hybridized carbons (Fsp3) is 0.300. The van der Waals surface area contributed by atoms with Crippen molar-refractivity contribution in [3.63, 3.8) is 0 Å². The van der Waals surface area contributed by atoms with E-state index in [0.29, 0.717) is 5.56 Å². The Hall–Kier alpha value is -0.840. The van der Waals surface area contributed by atoms with Crippen LogP contribution in [0.3, 0.4) is 0 Å². The van der Waals surface area contributed by atoms with Crippen LogP contribution >= 0.6 is 15.9 Å². The SMILES string of the molecule is CC(=O)Cc1cccc(C(F)(F)F)c1Br. The van der Waals surface area contributed by atoms with E-state index in [4.69, 9.17) is 0 Å². The first kappa shape index (κ1) is 12.2. The monoisotopic (exact) mass is 280 g/mol. The summed E-state index contributed by atoms with van der Waals surface area (Å²) in [5.41, 5.74) is -0.390. The molecule has 15 heavy (non-hydrogen) atoms. The number of ketones is 1. The predicted molar refractivity (Wildman–Crippen MR) is 53.5 cm³/mol. The molecule has 0 saturated heterocycles. The number of alkyl halides is 3. The largest absolute Gasteiger partial charge is 0.417 e. The lowest BCUT2D eigenvalue weighted by Crippen LogP contribution is -2.08. The van der Waals surface area contributed by atoms with Gasteiger partial charge in [0.15, 0.2) is 0 Å². The molecule has 0 aliphatic rings. The van der Waals surface area contributed by atoms with E-state index in [1.165, 1.54) is 19.1 Å². The standard InChI is InChI=1S/C10H8BrF3O/c1-6(15)5-7-3-2-4-8(9(7)11)10(12,13)14/h2-4H,5H2,1H3. The molecule has 1 aromatic carbocycles.